The quantitative estimate of drug-likeness (QED) is 0.423. The monoisotopic (exact) mass is 533 g/mol. The van der Waals surface area contributed by atoms with E-state index in [2.05, 4.69) is 5.32 Å². The zero-order chi connectivity index (χ0) is 27.8. The Bertz CT molecular complexity index is 1180. The predicted molar refractivity (Wildman–Crippen MR) is 145 cm³/mol. The van der Waals surface area contributed by atoms with Crippen LogP contribution in [0.4, 0.5) is 5.69 Å². The van der Waals surface area contributed by atoms with Crippen molar-refractivity contribution in [2.45, 2.75) is 59.2 Å². The smallest absolute Gasteiger partial charge is 0.244 e. The standard InChI is InChI=1S/C27H39N3O6S/c1-8-20(4)28-27(32)23(9-2)29(17-21-11-10-12-22(16-21)35-5)26(31)18-30(37(7,33)34)24-15-19(3)13-14-25(24)36-6/h10-16,20,23H,8-9,17-18H2,1-7H3,(H,28,32)/t20-,23-/m0/s1. The van der Waals surface area contributed by atoms with Crippen LogP contribution in [0, 0.1) is 6.92 Å². The van der Waals surface area contributed by atoms with Gasteiger partial charge in [-0.3, -0.25) is 13.9 Å². The Kier molecular flexibility index (Phi) is 10.8. The molecule has 0 bridgehead atoms. The Morgan fingerprint density at radius 2 is 1.73 bits per heavy atom. The largest absolute Gasteiger partial charge is 0.497 e. The first kappa shape index (κ1) is 30.0. The molecule has 2 atom stereocenters. The molecule has 37 heavy (non-hydrogen) atoms. The van der Waals surface area contributed by atoms with Gasteiger partial charge in [-0.2, -0.15) is 0 Å². The summed E-state index contributed by atoms with van der Waals surface area (Å²) < 4.78 is 37.5. The number of carbonyl (C=O) groups excluding carboxylic acids is 2. The summed E-state index contributed by atoms with van der Waals surface area (Å²) in [5.41, 5.74) is 1.82. The number of nitrogens with zero attached hydrogens (tertiary/aromatic N) is 2. The van der Waals surface area contributed by atoms with Crippen LogP contribution in [-0.4, -0.2) is 64.2 Å². The molecule has 1 N–H and O–H groups in total. The zero-order valence-electron chi connectivity index (χ0n) is 22.8. The van der Waals surface area contributed by atoms with Crippen LogP contribution in [-0.2, 0) is 26.2 Å². The highest BCUT2D eigenvalue weighted by atomic mass is 32.2. The van der Waals surface area contributed by atoms with Crippen molar-refractivity contribution in [2.24, 2.45) is 0 Å². The van der Waals surface area contributed by atoms with Crippen molar-refractivity contribution >= 4 is 27.5 Å². The molecule has 2 aromatic carbocycles. The first-order chi connectivity index (χ1) is 17.4. The van der Waals surface area contributed by atoms with E-state index in [-0.39, 0.29) is 24.2 Å². The number of ether oxygens (including phenoxy) is 2. The minimum Gasteiger partial charge on any atom is -0.497 e. The van der Waals surface area contributed by atoms with Gasteiger partial charge >= 0.3 is 0 Å². The molecule has 2 amide bonds. The number of nitrogens with one attached hydrogen (secondary N) is 1. The number of anilines is 1. The molecule has 0 heterocycles. The number of methoxy groups -OCH3 is 2. The van der Waals surface area contributed by atoms with Gasteiger partial charge < -0.3 is 19.7 Å². The van der Waals surface area contributed by atoms with E-state index in [0.717, 1.165) is 28.1 Å². The van der Waals surface area contributed by atoms with Crippen molar-refractivity contribution in [2.75, 3.05) is 31.3 Å². The second-order valence-electron chi connectivity index (χ2n) is 9.06. The van der Waals surface area contributed by atoms with E-state index < -0.39 is 28.5 Å². The molecular formula is C27H39N3O6S. The summed E-state index contributed by atoms with van der Waals surface area (Å²) in [7, 11) is -0.876. The van der Waals surface area contributed by atoms with Gasteiger partial charge in [0.1, 0.15) is 24.1 Å². The number of aryl methyl sites for hydroxylation is 1. The Labute approximate surface area is 220 Å². The topological polar surface area (TPSA) is 105 Å². The number of rotatable bonds is 13. The lowest BCUT2D eigenvalue weighted by Crippen LogP contribution is -2.53. The summed E-state index contributed by atoms with van der Waals surface area (Å²) in [6, 6.07) is 11.5. The molecular weight excluding hydrogens is 494 g/mol. The molecule has 2 aromatic rings. The molecule has 0 saturated heterocycles. The van der Waals surface area contributed by atoms with Crippen molar-refractivity contribution < 1.29 is 27.5 Å². The van der Waals surface area contributed by atoms with Crippen LogP contribution in [0.1, 0.15) is 44.7 Å². The first-order valence-electron chi connectivity index (χ1n) is 12.3. The van der Waals surface area contributed by atoms with Gasteiger partial charge in [-0.05, 0) is 62.1 Å². The fourth-order valence-corrected chi connectivity index (χ4v) is 4.76. The molecule has 0 aromatic heterocycles. The van der Waals surface area contributed by atoms with E-state index >= 15 is 0 Å². The molecule has 10 heteroatoms. The van der Waals surface area contributed by atoms with Crippen LogP contribution in [0.15, 0.2) is 42.5 Å². The molecule has 0 radical (unpaired) electrons. The molecule has 0 aliphatic rings. The molecule has 204 valence electrons. The number of carbonyl (C=O) groups is 2. The van der Waals surface area contributed by atoms with Crippen molar-refractivity contribution in [1.82, 2.24) is 10.2 Å². The third-order valence-electron chi connectivity index (χ3n) is 6.16. The summed E-state index contributed by atoms with van der Waals surface area (Å²) in [5, 5.41) is 2.96. The number of benzene rings is 2. The Balaban J connectivity index is 2.53. The van der Waals surface area contributed by atoms with Crippen molar-refractivity contribution in [1.29, 1.82) is 0 Å². The van der Waals surface area contributed by atoms with Crippen LogP contribution >= 0.6 is 0 Å². The van der Waals surface area contributed by atoms with Gasteiger partial charge in [0.2, 0.25) is 21.8 Å². The van der Waals surface area contributed by atoms with E-state index in [9.17, 15) is 18.0 Å². The number of sulfonamides is 1. The Morgan fingerprint density at radius 1 is 1.03 bits per heavy atom. The molecule has 0 fully saturated rings. The molecule has 9 nitrogen and oxygen atoms in total. The summed E-state index contributed by atoms with van der Waals surface area (Å²) >= 11 is 0. The van der Waals surface area contributed by atoms with Crippen molar-refractivity contribution in [3.63, 3.8) is 0 Å². The average Bonchev–Trinajstić information content (AvgIpc) is 2.86. The van der Waals surface area contributed by atoms with E-state index in [1.54, 1.807) is 43.5 Å². The molecule has 0 saturated carbocycles. The normalized spacial score (nSPS) is 12.8. The molecule has 0 spiro atoms. The van der Waals surface area contributed by atoms with Gasteiger partial charge in [0.15, 0.2) is 0 Å². The van der Waals surface area contributed by atoms with Gasteiger partial charge in [-0.15, -0.1) is 0 Å². The van der Waals surface area contributed by atoms with Crippen LogP contribution in [0.5, 0.6) is 11.5 Å². The van der Waals surface area contributed by atoms with Crippen molar-refractivity contribution in [3.05, 3.63) is 53.6 Å². The number of amides is 2. The fourth-order valence-electron chi connectivity index (χ4n) is 3.92. The van der Waals surface area contributed by atoms with E-state index in [1.807, 2.05) is 33.8 Å². The number of hydrogen-bond acceptors (Lipinski definition) is 6. The minimum atomic E-state index is -3.87. The van der Waals surface area contributed by atoms with Crippen LogP contribution < -0.4 is 19.1 Å². The number of hydrogen-bond donors (Lipinski definition) is 1. The average molecular weight is 534 g/mol. The maximum Gasteiger partial charge on any atom is 0.244 e. The summed E-state index contributed by atoms with van der Waals surface area (Å²) in [6.07, 6.45) is 2.13. The summed E-state index contributed by atoms with van der Waals surface area (Å²) in [6.45, 7) is 7.12. The molecule has 0 aliphatic heterocycles. The highest BCUT2D eigenvalue weighted by Crippen LogP contribution is 2.31. The zero-order valence-corrected chi connectivity index (χ0v) is 23.6. The highest BCUT2D eigenvalue weighted by molar-refractivity contribution is 7.92. The van der Waals surface area contributed by atoms with Gasteiger partial charge in [-0.25, -0.2) is 8.42 Å². The maximum absolute atomic E-state index is 13.8. The lowest BCUT2D eigenvalue weighted by molar-refractivity contribution is -0.140. The van der Waals surface area contributed by atoms with E-state index in [1.165, 1.54) is 12.0 Å². The van der Waals surface area contributed by atoms with Crippen molar-refractivity contribution in [3.8, 4) is 11.5 Å². The van der Waals surface area contributed by atoms with Crippen LogP contribution in [0.25, 0.3) is 0 Å². The molecule has 0 unspecified atom stereocenters. The van der Waals surface area contributed by atoms with Gasteiger partial charge in [0.05, 0.1) is 26.2 Å². The first-order valence-corrected chi connectivity index (χ1v) is 14.1. The third kappa shape index (κ3) is 8.11. The second-order valence-corrected chi connectivity index (χ2v) is 11.0. The van der Waals surface area contributed by atoms with Gasteiger partial charge in [0.25, 0.3) is 0 Å². The predicted octanol–water partition coefficient (Wildman–Crippen LogP) is 3.50. The van der Waals surface area contributed by atoms with E-state index in [4.69, 9.17) is 9.47 Å². The highest BCUT2D eigenvalue weighted by Gasteiger charge is 2.33. The lowest BCUT2D eigenvalue weighted by atomic mass is 10.1. The maximum atomic E-state index is 13.8. The Morgan fingerprint density at radius 3 is 2.30 bits per heavy atom. The van der Waals surface area contributed by atoms with E-state index in [0.29, 0.717) is 17.9 Å². The summed E-state index contributed by atoms with van der Waals surface area (Å²) in [5.74, 6) is 0.143. The van der Waals surface area contributed by atoms with Crippen LogP contribution in [0.3, 0.4) is 0 Å². The third-order valence-corrected chi connectivity index (χ3v) is 7.28. The molecule has 2 rings (SSSR count). The fraction of sp³-hybridized carbons (Fsp3) is 0.481. The summed E-state index contributed by atoms with van der Waals surface area (Å²) in [4.78, 5) is 28.5. The van der Waals surface area contributed by atoms with Gasteiger partial charge in [-0.1, -0.05) is 32.0 Å². The molecule has 0 aliphatic carbocycles. The Hall–Kier alpha value is -3.27. The van der Waals surface area contributed by atoms with Gasteiger partial charge in [0, 0.05) is 12.6 Å². The second kappa shape index (κ2) is 13.3. The van der Waals surface area contributed by atoms with Crippen LogP contribution in [0.2, 0.25) is 0 Å². The minimum absolute atomic E-state index is 0.0700. The lowest BCUT2D eigenvalue weighted by Gasteiger charge is -2.33. The SMILES string of the molecule is CC[C@H](C)NC(=O)[C@H](CC)N(Cc1cccc(OC)c1)C(=O)CN(c1cc(C)ccc1OC)S(C)(=O)=O.